The molecule has 1 aliphatic rings. The molecule has 5 heteroatoms. The number of hydrazone groups is 1. The highest BCUT2D eigenvalue weighted by molar-refractivity contribution is 5.95. The molecule has 5 nitrogen and oxygen atoms in total. The Labute approximate surface area is 164 Å². The quantitative estimate of drug-likeness (QED) is 0.649. The fraction of sp³-hybridized carbons (Fsp3) is 0.261. The zero-order valence-corrected chi connectivity index (χ0v) is 15.7. The highest BCUT2D eigenvalue weighted by Crippen LogP contribution is 2.24. The smallest absolute Gasteiger partial charge is 0.271 e. The van der Waals surface area contributed by atoms with Crippen molar-refractivity contribution >= 4 is 22.5 Å². The Hall–Kier alpha value is -3.21. The standard InChI is InChI=1S/C23H23N3O2/c27-23(26-25-20-8-2-1-3-9-20)19-13-11-17(12-14-19)16-28-21-10-4-6-18-7-5-15-24-22(18)21/h4-7,10-15H,1-3,8-9,16H2,(H,26,27). The van der Waals surface area contributed by atoms with E-state index in [2.05, 4.69) is 15.5 Å². The van der Waals surface area contributed by atoms with E-state index in [0.717, 1.165) is 53.6 Å². The average molecular weight is 373 g/mol. The number of fused-ring (bicyclic) bond motifs is 1. The van der Waals surface area contributed by atoms with Crippen molar-refractivity contribution in [2.45, 2.75) is 38.7 Å². The zero-order chi connectivity index (χ0) is 19.2. The Morgan fingerprint density at radius 1 is 1.00 bits per heavy atom. The summed E-state index contributed by atoms with van der Waals surface area (Å²) < 4.78 is 5.95. The van der Waals surface area contributed by atoms with E-state index in [-0.39, 0.29) is 5.91 Å². The van der Waals surface area contributed by atoms with Gasteiger partial charge in [0, 0.05) is 22.9 Å². The lowest BCUT2D eigenvalue weighted by atomic mass is 9.99. The maximum absolute atomic E-state index is 12.3. The van der Waals surface area contributed by atoms with Crippen LogP contribution in [-0.4, -0.2) is 16.6 Å². The monoisotopic (exact) mass is 373 g/mol. The molecule has 4 rings (SSSR count). The Bertz CT molecular complexity index is 983. The molecule has 1 fully saturated rings. The number of carbonyl (C=O) groups excluding carboxylic acids is 1. The molecule has 0 atom stereocenters. The lowest BCUT2D eigenvalue weighted by molar-refractivity contribution is 0.0954. The van der Waals surface area contributed by atoms with Gasteiger partial charge in [0.15, 0.2) is 0 Å². The molecule has 0 radical (unpaired) electrons. The third-order valence-corrected chi connectivity index (χ3v) is 4.95. The molecule has 0 spiro atoms. The average Bonchev–Trinajstić information content (AvgIpc) is 2.77. The van der Waals surface area contributed by atoms with Crippen LogP contribution >= 0.6 is 0 Å². The topological polar surface area (TPSA) is 63.6 Å². The van der Waals surface area contributed by atoms with Gasteiger partial charge >= 0.3 is 0 Å². The first-order valence-electron chi connectivity index (χ1n) is 9.71. The highest BCUT2D eigenvalue weighted by atomic mass is 16.5. The molecule has 1 aromatic heterocycles. The SMILES string of the molecule is O=C(NN=C1CCCCC1)c1ccc(COc2cccc3cccnc23)cc1. The Kier molecular flexibility index (Phi) is 5.61. The number of para-hydroxylation sites is 1. The second kappa shape index (κ2) is 8.65. The van der Waals surface area contributed by atoms with Crippen molar-refractivity contribution in [3.8, 4) is 5.75 Å². The molecule has 0 bridgehead atoms. The number of hydrogen-bond acceptors (Lipinski definition) is 4. The first-order valence-corrected chi connectivity index (χ1v) is 9.71. The molecule has 28 heavy (non-hydrogen) atoms. The molecule has 3 aromatic rings. The van der Waals surface area contributed by atoms with E-state index in [1.807, 2.05) is 42.5 Å². The Balaban J connectivity index is 1.37. The maximum atomic E-state index is 12.3. The zero-order valence-electron chi connectivity index (χ0n) is 15.7. The second-order valence-electron chi connectivity index (χ2n) is 7.00. The Morgan fingerprint density at radius 2 is 1.79 bits per heavy atom. The first kappa shape index (κ1) is 18.2. The minimum Gasteiger partial charge on any atom is -0.487 e. The molecular formula is C23H23N3O2. The van der Waals surface area contributed by atoms with E-state index < -0.39 is 0 Å². The fourth-order valence-electron chi connectivity index (χ4n) is 3.37. The number of nitrogens with one attached hydrogen (secondary N) is 1. The summed E-state index contributed by atoms with van der Waals surface area (Å²) in [4.78, 5) is 16.7. The van der Waals surface area contributed by atoms with Crippen molar-refractivity contribution in [3.63, 3.8) is 0 Å². The summed E-state index contributed by atoms with van der Waals surface area (Å²) >= 11 is 0. The molecule has 0 saturated heterocycles. The number of aromatic nitrogens is 1. The van der Waals surface area contributed by atoms with Gasteiger partial charge in [0.05, 0.1) is 0 Å². The van der Waals surface area contributed by atoms with Gasteiger partial charge < -0.3 is 4.74 Å². The minimum absolute atomic E-state index is 0.177. The van der Waals surface area contributed by atoms with Crippen molar-refractivity contribution in [1.29, 1.82) is 0 Å². The number of carbonyl (C=O) groups is 1. The lowest BCUT2D eigenvalue weighted by Crippen LogP contribution is -2.20. The van der Waals surface area contributed by atoms with Crippen LogP contribution in [0.3, 0.4) is 0 Å². The molecule has 0 unspecified atom stereocenters. The van der Waals surface area contributed by atoms with Crippen molar-refractivity contribution in [2.75, 3.05) is 0 Å². The summed E-state index contributed by atoms with van der Waals surface area (Å²) in [7, 11) is 0. The van der Waals surface area contributed by atoms with Gasteiger partial charge in [-0.05, 0) is 55.5 Å². The van der Waals surface area contributed by atoms with E-state index in [9.17, 15) is 4.79 Å². The van der Waals surface area contributed by atoms with Crippen molar-refractivity contribution in [3.05, 3.63) is 71.9 Å². The van der Waals surface area contributed by atoms with E-state index in [1.165, 1.54) is 6.42 Å². The largest absolute Gasteiger partial charge is 0.487 e. The number of ether oxygens (including phenoxy) is 1. The van der Waals surface area contributed by atoms with Gasteiger partial charge in [0.1, 0.15) is 17.9 Å². The van der Waals surface area contributed by atoms with Crippen LogP contribution in [0.4, 0.5) is 0 Å². The normalized spacial score (nSPS) is 13.9. The molecule has 0 aliphatic heterocycles. The van der Waals surface area contributed by atoms with Gasteiger partial charge in [-0.15, -0.1) is 0 Å². The summed E-state index contributed by atoms with van der Waals surface area (Å²) in [5, 5.41) is 5.32. The number of nitrogens with zero attached hydrogens (tertiary/aromatic N) is 2. The van der Waals surface area contributed by atoms with Gasteiger partial charge in [-0.25, -0.2) is 5.43 Å². The number of rotatable bonds is 5. The van der Waals surface area contributed by atoms with E-state index in [1.54, 1.807) is 18.3 Å². The third-order valence-electron chi connectivity index (χ3n) is 4.95. The van der Waals surface area contributed by atoms with Gasteiger partial charge in [-0.2, -0.15) is 5.10 Å². The summed E-state index contributed by atoms with van der Waals surface area (Å²) in [5.41, 5.74) is 6.20. The van der Waals surface area contributed by atoms with Crippen LogP contribution in [0.25, 0.3) is 10.9 Å². The van der Waals surface area contributed by atoms with E-state index in [0.29, 0.717) is 12.2 Å². The molecule has 1 aliphatic carbocycles. The Morgan fingerprint density at radius 3 is 2.61 bits per heavy atom. The summed E-state index contributed by atoms with van der Waals surface area (Å²) in [6.07, 6.45) is 7.31. The van der Waals surface area contributed by atoms with Gasteiger partial charge in [0.2, 0.25) is 0 Å². The molecule has 1 saturated carbocycles. The molecule has 1 N–H and O–H groups in total. The van der Waals surface area contributed by atoms with Crippen LogP contribution in [0.2, 0.25) is 0 Å². The predicted molar refractivity (Wildman–Crippen MR) is 111 cm³/mol. The highest BCUT2D eigenvalue weighted by Gasteiger charge is 2.09. The number of hydrogen-bond donors (Lipinski definition) is 1. The van der Waals surface area contributed by atoms with Gasteiger partial charge in [-0.3, -0.25) is 9.78 Å². The van der Waals surface area contributed by atoms with Crippen LogP contribution in [0.5, 0.6) is 5.75 Å². The summed E-state index contributed by atoms with van der Waals surface area (Å²) in [5.74, 6) is 0.576. The maximum Gasteiger partial charge on any atom is 0.271 e. The summed E-state index contributed by atoms with van der Waals surface area (Å²) in [6.45, 7) is 0.417. The number of benzene rings is 2. The van der Waals surface area contributed by atoms with Gasteiger partial charge in [0.25, 0.3) is 5.91 Å². The first-order chi connectivity index (χ1) is 13.8. The fourth-order valence-corrected chi connectivity index (χ4v) is 3.37. The molecule has 2 aromatic carbocycles. The van der Waals surface area contributed by atoms with Crippen LogP contribution < -0.4 is 10.2 Å². The van der Waals surface area contributed by atoms with Gasteiger partial charge in [-0.1, -0.05) is 36.8 Å². The number of pyridine rings is 1. The van der Waals surface area contributed by atoms with Crippen LogP contribution in [0.1, 0.15) is 48.0 Å². The van der Waals surface area contributed by atoms with Crippen LogP contribution in [0.15, 0.2) is 65.9 Å². The van der Waals surface area contributed by atoms with Crippen molar-refractivity contribution < 1.29 is 9.53 Å². The second-order valence-corrected chi connectivity index (χ2v) is 7.00. The molecule has 1 amide bonds. The lowest BCUT2D eigenvalue weighted by Gasteiger charge is -2.12. The summed E-state index contributed by atoms with van der Waals surface area (Å²) in [6, 6.07) is 17.2. The van der Waals surface area contributed by atoms with E-state index in [4.69, 9.17) is 4.74 Å². The van der Waals surface area contributed by atoms with Crippen molar-refractivity contribution in [1.82, 2.24) is 10.4 Å². The van der Waals surface area contributed by atoms with Crippen LogP contribution in [0, 0.1) is 0 Å². The predicted octanol–water partition coefficient (Wildman–Crippen LogP) is 4.86. The molecular weight excluding hydrogens is 350 g/mol. The number of amides is 1. The minimum atomic E-state index is -0.177. The van der Waals surface area contributed by atoms with Crippen LogP contribution in [-0.2, 0) is 6.61 Å². The van der Waals surface area contributed by atoms with E-state index >= 15 is 0 Å². The molecule has 142 valence electrons. The molecule has 1 heterocycles. The van der Waals surface area contributed by atoms with Crippen molar-refractivity contribution in [2.24, 2.45) is 5.10 Å². The third kappa shape index (κ3) is 4.36.